The number of nitrogens with zero attached hydrogens (tertiary/aromatic N) is 4. The average molecular weight is 682 g/mol. The molecule has 0 aliphatic rings. The van der Waals surface area contributed by atoms with Crippen LogP contribution in [0.2, 0.25) is 10.0 Å². The normalized spacial score (nSPS) is 11.0. The highest BCUT2D eigenvalue weighted by atomic mass is 35.5. The van der Waals surface area contributed by atoms with Crippen molar-refractivity contribution >= 4 is 46.6 Å². The molecule has 0 atom stereocenters. The molecule has 0 fully saturated rings. The van der Waals surface area contributed by atoms with E-state index in [-0.39, 0.29) is 34.6 Å². The maximum atomic E-state index is 13.1. The van der Waals surface area contributed by atoms with Crippen molar-refractivity contribution in [2.45, 2.75) is 39.7 Å². The first-order valence-corrected chi connectivity index (χ1v) is 16.1. The second kappa shape index (κ2) is 16.9. The van der Waals surface area contributed by atoms with E-state index < -0.39 is 17.6 Å². The number of anilines is 2. The molecule has 0 radical (unpaired) electrons. The first-order valence-electron chi connectivity index (χ1n) is 15.3. The van der Waals surface area contributed by atoms with Crippen LogP contribution in [0.1, 0.15) is 43.5 Å². The van der Waals surface area contributed by atoms with E-state index in [0.29, 0.717) is 34.7 Å². The molecule has 0 saturated heterocycles. The number of nitrogens with one attached hydrogen (secondary N) is 2. The van der Waals surface area contributed by atoms with Gasteiger partial charge in [-0.05, 0) is 89.6 Å². The standard InChI is InChI=1S/C34H38Cl2N6O5/c1-5-42-32(43)29(38-34(45)39-31-26(35)20-37-21-27(31)36)19-28(40-42)23-12-10-11-22(17-23)25-18-24(33(44)46-6-2)13-14-30(25)47-16-9-7-8-15-41(3)4/h10-14,17-21H,5-9,15-16H2,1-4H3,(H2,37,38,39,45). The first-order chi connectivity index (χ1) is 22.6. The highest BCUT2D eigenvalue weighted by Crippen LogP contribution is 2.34. The number of rotatable bonds is 14. The molecule has 2 aromatic heterocycles. The Morgan fingerprint density at radius 1 is 0.936 bits per heavy atom. The van der Waals surface area contributed by atoms with Crippen LogP contribution in [0.4, 0.5) is 16.2 Å². The Labute approximate surface area is 283 Å². The lowest BCUT2D eigenvalue weighted by atomic mass is 9.98. The van der Waals surface area contributed by atoms with Gasteiger partial charge in [-0.1, -0.05) is 41.4 Å². The molecule has 4 rings (SSSR count). The van der Waals surface area contributed by atoms with Gasteiger partial charge in [0.15, 0.2) is 0 Å². The van der Waals surface area contributed by atoms with E-state index in [1.54, 1.807) is 32.0 Å². The number of aryl methyl sites for hydroxylation is 1. The van der Waals surface area contributed by atoms with Crippen molar-refractivity contribution in [2.24, 2.45) is 0 Å². The molecule has 11 nitrogen and oxygen atoms in total. The number of benzene rings is 2. The van der Waals surface area contributed by atoms with Crippen molar-refractivity contribution in [3.8, 4) is 28.1 Å². The first kappa shape index (κ1) is 35.4. The SMILES string of the molecule is CCOC(=O)c1ccc(OCCCCCN(C)C)c(-c2cccc(-c3cc(NC(=O)Nc4c(Cl)cncc4Cl)c(=O)n(CC)n3)c2)c1. The number of hydrogen-bond donors (Lipinski definition) is 2. The maximum Gasteiger partial charge on any atom is 0.338 e. The minimum absolute atomic E-state index is 0.00338. The van der Waals surface area contributed by atoms with Crippen LogP contribution in [0.5, 0.6) is 5.75 Å². The molecule has 0 aliphatic heterocycles. The third-order valence-corrected chi connectivity index (χ3v) is 7.65. The van der Waals surface area contributed by atoms with Gasteiger partial charge in [0.05, 0.1) is 40.2 Å². The van der Waals surface area contributed by atoms with E-state index in [1.165, 1.54) is 23.1 Å². The third kappa shape index (κ3) is 9.54. The van der Waals surface area contributed by atoms with Gasteiger partial charge in [0.25, 0.3) is 5.56 Å². The van der Waals surface area contributed by atoms with Gasteiger partial charge < -0.3 is 25.0 Å². The number of aromatic nitrogens is 3. The Morgan fingerprint density at radius 3 is 2.38 bits per heavy atom. The summed E-state index contributed by atoms with van der Waals surface area (Å²) in [6.45, 7) is 5.59. The number of hydrogen-bond acceptors (Lipinski definition) is 8. The second-order valence-corrected chi connectivity index (χ2v) is 11.7. The summed E-state index contributed by atoms with van der Waals surface area (Å²) < 4.78 is 12.7. The van der Waals surface area contributed by atoms with Gasteiger partial charge in [-0.15, -0.1) is 0 Å². The van der Waals surface area contributed by atoms with E-state index >= 15 is 0 Å². The molecule has 4 aromatic rings. The Bertz CT molecular complexity index is 1760. The Balaban J connectivity index is 1.65. The molecule has 2 heterocycles. The Morgan fingerprint density at radius 2 is 1.68 bits per heavy atom. The molecule has 0 unspecified atom stereocenters. The van der Waals surface area contributed by atoms with Crippen molar-refractivity contribution in [3.05, 3.63) is 86.9 Å². The van der Waals surface area contributed by atoms with Crippen LogP contribution < -0.4 is 20.9 Å². The van der Waals surface area contributed by atoms with Crippen LogP contribution in [0, 0.1) is 0 Å². The molecular formula is C34H38Cl2N6O5. The molecule has 0 aliphatic carbocycles. The van der Waals surface area contributed by atoms with Gasteiger partial charge in [-0.25, -0.2) is 14.3 Å². The fourth-order valence-electron chi connectivity index (χ4n) is 4.74. The molecule has 0 spiro atoms. The summed E-state index contributed by atoms with van der Waals surface area (Å²) in [6.07, 6.45) is 5.67. The van der Waals surface area contributed by atoms with E-state index in [2.05, 4.69) is 39.7 Å². The van der Waals surface area contributed by atoms with Gasteiger partial charge >= 0.3 is 12.0 Å². The van der Waals surface area contributed by atoms with Crippen molar-refractivity contribution in [1.29, 1.82) is 0 Å². The van der Waals surface area contributed by atoms with Gasteiger partial charge in [-0.2, -0.15) is 5.10 Å². The Hall–Kier alpha value is -4.45. The van der Waals surface area contributed by atoms with Crippen LogP contribution in [0.15, 0.2) is 65.7 Å². The van der Waals surface area contributed by atoms with E-state index in [0.717, 1.165) is 31.4 Å². The summed E-state index contributed by atoms with van der Waals surface area (Å²) in [5.41, 5.74) is 2.66. The fourth-order valence-corrected chi connectivity index (χ4v) is 5.20. The quantitative estimate of drug-likeness (QED) is 0.105. The minimum Gasteiger partial charge on any atom is -0.493 e. The van der Waals surface area contributed by atoms with Crippen molar-refractivity contribution in [3.63, 3.8) is 0 Å². The van der Waals surface area contributed by atoms with Crippen molar-refractivity contribution < 1.29 is 19.1 Å². The third-order valence-electron chi connectivity index (χ3n) is 7.08. The zero-order valence-electron chi connectivity index (χ0n) is 26.8. The largest absolute Gasteiger partial charge is 0.493 e. The van der Waals surface area contributed by atoms with Crippen LogP contribution >= 0.6 is 23.2 Å². The van der Waals surface area contributed by atoms with Crippen molar-refractivity contribution in [2.75, 3.05) is 44.5 Å². The second-order valence-electron chi connectivity index (χ2n) is 10.8. The number of carbonyl (C=O) groups excluding carboxylic acids is 2. The average Bonchev–Trinajstić information content (AvgIpc) is 3.05. The van der Waals surface area contributed by atoms with Gasteiger partial charge in [0.1, 0.15) is 11.4 Å². The molecule has 0 bridgehead atoms. The number of halogens is 2. The summed E-state index contributed by atoms with van der Waals surface area (Å²) in [4.78, 5) is 44.7. The number of esters is 1. The molecule has 248 valence electrons. The minimum atomic E-state index is -0.718. The number of amides is 2. The number of unbranched alkanes of at least 4 members (excludes halogenated alkanes) is 2. The predicted octanol–water partition coefficient (Wildman–Crippen LogP) is 7.23. The van der Waals surface area contributed by atoms with Crippen LogP contribution in [-0.2, 0) is 11.3 Å². The number of urea groups is 1. The summed E-state index contributed by atoms with van der Waals surface area (Å²) in [6, 6.07) is 13.5. The van der Waals surface area contributed by atoms with E-state index in [9.17, 15) is 14.4 Å². The number of ether oxygens (including phenoxy) is 2. The maximum absolute atomic E-state index is 13.1. The topological polar surface area (TPSA) is 128 Å². The predicted molar refractivity (Wildman–Crippen MR) is 186 cm³/mol. The van der Waals surface area contributed by atoms with Crippen molar-refractivity contribution in [1.82, 2.24) is 19.7 Å². The van der Waals surface area contributed by atoms with Crippen LogP contribution in [0.25, 0.3) is 22.4 Å². The highest BCUT2D eigenvalue weighted by Gasteiger charge is 2.17. The van der Waals surface area contributed by atoms with Crippen LogP contribution in [-0.4, -0.2) is 65.5 Å². The monoisotopic (exact) mass is 680 g/mol. The molecule has 47 heavy (non-hydrogen) atoms. The molecule has 0 saturated carbocycles. The number of pyridine rings is 1. The number of carbonyl (C=O) groups is 2. The summed E-state index contributed by atoms with van der Waals surface area (Å²) in [5.74, 6) is 0.196. The molecule has 2 N–H and O–H groups in total. The molecular weight excluding hydrogens is 643 g/mol. The van der Waals surface area contributed by atoms with Gasteiger partial charge in [0.2, 0.25) is 0 Å². The zero-order valence-corrected chi connectivity index (χ0v) is 28.3. The lowest BCUT2D eigenvalue weighted by Crippen LogP contribution is -2.29. The van der Waals surface area contributed by atoms with E-state index in [1.807, 2.05) is 24.3 Å². The lowest BCUT2D eigenvalue weighted by Gasteiger charge is -2.15. The van der Waals surface area contributed by atoms with E-state index in [4.69, 9.17) is 32.7 Å². The molecule has 2 aromatic carbocycles. The van der Waals surface area contributed by atoms with Crippen LogP contribution in [0.3, 0.4) is 0 Å². The fraction of sp³-hybridized carbons (Fsp3) is 0.324. The van der Waals surface area contributed by atoms with Gasteiger partial charge in [0, 0.05) is 30.1 Å². The summed E-state index contributed by atoms with van der Waals surface area (Å²) in [7, 11) is 4.11. The molecule has 13 heteroatoms. The summed E-state index contributed by atoms with van der Waals surface area (Å²) in [5, 5.41) is 9.98. The van der Waals surface area contributed by atoms with Gasteiger partial charge in [-0.3, -0.25) is 9.78 Å². The summed E-state index contributed by atoms with van der Waals surface area (Å²) >= 11 is 12.3. The highest BCUT2D eigenvalue weighted by molar-refractivity contribution is 6.39. The smallest absolute Gasteiger partial charge is 0.338 e. The molecule has 2 amide bonds. The lowest BCUT2D eigenvalue weighted by molar-refractivity contribution is 0.0526. The zero-order chi connectivity index (χ0) is 33.9. The Kier molecular flexibility index (Phi) is 12.7.